The van der Waals surface area contributed by atoms with Crippen molar-refractivity contribution in [3.8, 4) is 0 Å². The molecule has 5 nitrogen and oxygen atoms in total. The second-order valence-corrected chi connectivity index (χ2v) is 6.90. The van der Waals surface area contributed by atoms with Crippen molar-refractivity contribution in [2.24, 2.45) is 4.99 Å². The van der Waals surface area contributed by atoms with Gasteiger partial charge in [-0.1, -0.05) is 24.3 Å². The first-order valence-electron chi connectivity index (χ1n) is 8.88. The third-order valence-corrected chi connectivity index (χ3v) is 4.64. The highest BCUT2D eigenvalue weighted by atomic mass is 16.4. The van der Waals surface area contributed by atoms with Gasteiger partial charge in [-0.05, 0) is 50.5 Å². The molecule has 0 aliphatic heterocycles. The Morgan fingerprint density at radius 1 is 1.32 bits per heavy atom. The van der Waals surface area contributed by atoms with Crippen LogP contribution in [0.3, 0.4) is 0 Å². The molecule has 3 unspecified atom stereocenters. The Balaban J connectivity index is 1.63. The molecule has 0 radical (unpaired) electrons. The average Bonchev–Trinajstić information content (AvgIpc) is 3.10. The van der Waals surface area contributed by atoms with Gasteiger partial charge >= 0.3 is 0 Å². The van der Waals surface area contributed by atoms with Crippen molar-refractivity contribution in [1.82, 2.24) is 10.6 Å². The van der Waals surface area contributed by atoms with Crippen molar-refractivity contribution in [3.63, 3.8) is 0 Å². The highest BCUT2D eigenvalue weighted by Crippen LogP contribution is 2.42. The van der Waals surface area contributed by atoms with Gasteiger partial charge in [-0.2, -0.15) is 0 Å². The van der Waals surface area contributed by atoms with E-state index >= 15 is 0 Å². The highest BCUT2D eigenvalue weighted by Gasteiger charge is 2.39. The van der Waals surface area contributed by atoms with Crippen molar-refractivity contribution < 1.29 is 9.52 Å². The first-order valence-corrected chi connectivity index (χ1v) is 8.88. The van der Waals surface area contributed by atoms with Crippen molar-refractivity contribution in [2.75, 3.05) is 13.1 Å². The smallest absolute Gasteiger partial charge is 0.191 e. The molecular formula is C20H27N3O2. The Morgan fingerprint density at radius 3 is 2.80 bits per heavy atom. The number of aryl methyl sites for hydroxylation is 1. The number of guanidine groups is 1. The van der Waals surface area contributed by atoms with E-state index in [4.69, 9.17) is 4.42 Å². The summed E-state index contributed by atoms with van der Waals surface area (Å²) in [5.41, 5.74) is 1.61. The van der Waals surface area contributed by atoms with Gasteiger partial charge in [0.15, 0.2) is 5.96 Å². The van der Waals surface area contributed by atoms with E-state index in [0.717, 1.165) is 18.9 Å². The lowest BCUT2D eigenvalue weighted by Gasteiger charge is -2.19. The number of furan rings is 1. The summed E-state index contributed by atoms with van der Waals surface area (Å²) < 4.78 is 5.31. The maximum atomic E-state index is 10.6. The molecule has 1 heterocycles. The van der Waals surface area contributed by atoms with E-state index < -0.39 is 5.60 Å². The van der Waals surface area contributed by atoms with Crippen LogP contribution in [-0.2, 0) is 5.60 Å². The zero-order valence-corrected chi connectivity index (χ0v) is 15.1. The summed E-state index contributed by atoms with van der Waals surface area (Å²) in [4.78, 5) is 4.56. The SMILES string of the molecule is CCNC(=NCC(C)(O)c1ccco1)NC1CC1c1ccccc1C. The lowest BCUT2D eigenvalue weighted by Crippen LogP contribution is -2.40. The lowest BCUT2D eigenvalue weighted by atomic mass is 10.0. The number of hydrogen-bond donors (Lipinski definition) is 3. The summed E-state index contributed by atoms with van der Waals surface area (Å²) in [5, 5.41) is 17.3. The van der Waals surface area contributed by atoms with Crippen molar-refractivity contribution in [3.05, 3.63) is 59.5 Å². The molecule has 5 heteroatoms. The Morgan fingerprint density at radius 2 is 2.12 bits per heavy atom. The minimum Gasteiger partial charge on any atom is -0.466 e. The van der Waals surface area contributed by atoms with Crippen LogP contribution in [0.15, 0.2) is 52.1 Å². The number of aliphatic hydroxyl groups is 1. The average molecular weight is 341 g/mol. The number of aliphatic imine (C=N–C) groups is 1. The number of hydrogen-bond acceptors (Lipinski definition) is 3. The fourth-order valence-corrected chi connectivity index (χ4v) is 3.09. The Bertz CT molecular complexity index is 722. The van der Waals surface area contributed by atoms with Gasteiger partial charge in [-0.3, -0.25) is 0 Å². The molecule has 0 saturated heterocycles. The molecule has 3 rings (SSSR count). The molecule has 1 fully saturated rings. The zero-order valence-electron chi connectivity index (χ0n) is 15.1. The van der Waals surface area contributed by atoms with Gasteiger partial charge in [0.1, 0.15) is 11.4 Å². The molecule has 25 heavy (non-hydrogen) atoms. The number of nitrogens with one attached hydrogen (secondary N) is 2. The van der Waals surface area contributed by atoms with E-state index in [-0.39, 0.29) is 6.54 Å². The molecule has 3 N–H and O–H groups in total. The molecule has 0 bridgehead atoms. The molecular weight excluding hydrogens is 314 g/mol. The van der Waals surface area contributed by atoms with Gasteiger partial charge in [0.05, 0.1) is 12.8 Å². The fraction of sp³-hybridized carbons (Fsp3) is 0.450. The predicted octanol–water partition coefficient (Wildman–Crippen LogP) is 2.91. The first kappa shape index (κ1) is 17.5. The topological polar surface area (TPSA) is 69.8 Å². The molecule has 134 valence electrons. The van der Waals surface area contributed by atoms with E-state index in [9.17, 15) is 5.11 Å². The van der Waals surface area contributed by atoms with Crippen molar-refractivity contribution >= 4 is 5.96 Å². The van der Waals surface area contributed by atoms with Gasteiger partial charge in [0.2, 0.25) is 0 Å². The van der Waals surface area contributed by atoms with E-state index in [1.807, 2.05) is 6.92 Å². The van der Waals surface area contributed by atoms with E-state index in [1.165, 1.54) is 11.1 Å². The maximum absolute atomic E-state index is 10.6. The summed E-state index contributed by atoms with van der Waals surface area (Å²) in [7, 11) is 0. The van der Waals surface area contributed by atoms with Crippen molar-refractivity contribution in [1.29, 1.82) is 0 Å². The quantitative estimate of drug-likeness (QED) is 0.558. The molecule has 2 aromatic rings. The minimum atomic E-state index is -1.12. The van der Waals surface area contributed by atoms with Crippen LogP contribution in [0.25, 0.3) is 0 Å². The molecule has 1 aromatic carbocycles. The maximum Gasteiger partial charge on any atom is 0.191 e. The van der Waals surface area contributed by atoms with Crippen LogP contribution in [0.5, 0.6) is 0 Å². The lowest BCUT2D eigenvalue weighted by molar-refractivity contribution is 0.0437. The summed E-state index contributed by atoms with van der Waals surface area (Å²) in [5.74, 6) is 1.78. The highest BCUT2D eigenvalue weighted by molar-refractivity contribution is 5.80. The summed E-state index contributed by atoms with van der Waals surface area (Å²) in [6.07, 6.45) is 2.66. The summed E-state index contributed by atoms with van der Waals surface area (Å²) in [6, 6.07) is 12.5. The number of rotatable bonds is 6. The van der Waals surface area contributed by atoms with Crippen LogP contribution in [-0.4, -0.2) is 30.2 Å². The zero-order chi connectivity index (χ0) is 17.9. The van der Waals surface area contributed by atoms with Crippen LogP contribution in [0, 0.1) is 6.92 Å². The molecule has 0 amide bonds. The first-order chi connectivity index (χ1) is 12.0. The monoisotopic (exact) mass is 341 g/mol. The standard InChI is InChI=1S/C20H27N3O2/c1-4-21-19(22-13-20(3,24)18-10-7-11-25-18)23-17-12-16(17)15-9-6-5-8-14(15)2/h5-11,16-17,24H,4,12-13H2,1-3H3,(H2,21,22,23). The van der Waals surface area contributed by atoms with Gasteiger partial charge in [0, 0.05) is 18.5 Å². The molecule has 0 spiro atoms. The van der Waals surface area contributed by atoms with E-state index in [2.05, 4.69) is 46.8 Å². The third kappa shape index (κ3) is 4.23. The van der Waals surface area contributed by atoms with Gasteiger partial charge < -0.3 is 20.2 Å². The Kier molecular flexibility index (Phi) is 5.13. The minimum absolute atomic E-state index is 0.234. The number of benzene rings is 1. The van der Waals surface area contributed by atoms with E-state index in [0.29, 0.717) is 17.7 Å². The van der Waals surface area contributed by atoms with Crippen LogP contribution in [0.1, 0.15) is 43.1 Å². The van der Waals surface area contributed by atoms with Gasteiger partial charge in [0.25, 0.3) is 0 Å². The predicted molar refractivity (Wildman–Crippen MR) is 99.7 cm³/mol. The molecule has 1 aliphatic rings. The van der Waals surface area contributed by atoms with E-state index in [1.54, 1.807) is 25.3 Å². The second-order valence-electron chi connectivity index (χ2n) is 6.90. The van der Waals surface area contributed by atoms with Crippen LogP contribution in [0.4, 0.5) is 0 Å². The van der Waals surface area contributed by atoms with Crippen LogP contribution in [0.2, 0.25) is 0 Å². The fourth-order valence-electron chi connectivity index (χ4n) is 3.09. The third-order valence-electron chi connectivity index (χ3n) is 4.64. The Labute approximate surface area is 149 Å². The largest absolute Gasteiger partial charge is 0.466 e. The Hall–Kier alpha value is -2.27. The van der Waals surface area contributed by atoms with Gasteiger partial charge in [-0.25, -0.2) is 4.99 Å². The molecule has 1 aromatic heterocycles. The van der Waals surface area contributed by atoms with Crippen LogP contribution < -0.4 is 10.6 Å². The normalized spacial score (nSPS) is 22.3. The number of nitrogens with zero attached hydrogens (tertiary/aromatic N) is 1. The second kappa shape index (κ2) is 7.31. The molecule has 3 atom stereocenters. The molecule has 1 saturated carbocycles. The molecule has 1 aliphatic carbocycles. The van der Waals surface area contributed by atoms with Gasteiger partial charge in [-0.15, -0.1) is 0 Å². The van der Waals surface area contributed by atoms with Crippen LogP contribution >= 0.6 is 0 Å². The summed E-state index contributed by atoms with van der Waals surface area (Å²) in [6.45, 7) is 6.92. The summed E-state index contributed by atoms with van der Waals surface area (Å²) >= 11 is 0. The van der Waals surface area contributed by atoms with Crippen molar-refractivity contribution in [2.45, 2.75) is 44.8 Å².